The third-order valence-electron chi connectivity index (χ3n) is 3.91. The maximum atomic E-state index is 12.2. The van der Waals surface area contributed by atoms with Gasteiger partial charge in [0.2, 0.25) is 5.91 Å². The van der Waals surface area contributed by atoms with Gasteiger partial charge in [0.1, 0.15) is 0 Å². The van der Waals surface area contributed by atoms with E-state index in [1.165, 1.54) is 0 Å². The third kappa shape index (κ3) is 4.72. The summed E-state index contributed by atoms with van der Waals surface area (Å²) < 4.78 is 1.08. The number of hydrogen-bond acceptors (Lipinski definition) is 3. The second kappa shape index (κ2) is 7.78. The fourth-order valence-electron chi connectivity index (χ4n) is 2.35. The maximum Gasteiger partial charge on any atom is 0.228 e. The molecule has 114 valence electrons. The van der Waals surface area contributed by atoms with Crippen LogP contribution in [0.3, 0.4) is 0 Å². The van der Waals surface area contributed by atoms with E-state index in [0.29, 0.717) is 0 Å². The first-order valence-corrected chi connectivity index (χ1v) is 8.35. The van der Waals surface area contributed by atoms with E-state index in [2.05, 4.69) is 33.5 Å². The molecule has 0 saturated carbocycles. The molecule has 1 amide bonds. The Morgan fingerprint density at radius 2 is 2.15 bits per heavy atom. The first-order chi connectivity index (χ1) is 9.00. The van der Waals surface area contributed by atoms with E-state index in [0.717, 1.165) is 41.1 Å². The Kier molecular flexibility index (Phi) is 6.98. The third-order valence-corrected chi connectivity index (χ3v) is 5.72. The lowest BCUT2D eigenvalue weighted by Crippen LogP contribution is -2.43. The Labute approximate surface area is 139 Å². The highest BCUT2D eigenvalue weighted by Crippen LogP contribution is 2.30. The van der Waals surface area contributed by atoms with E-state index in [9.17, 15) is 4.79 Å². The summed E-state index contributed by atoms with van der Waals surface area (Å²) in [7, 11) is 0. The fourth-order valence-corrected chi connectivity index (χ4v) is 3.82. The number of hydrogen-bond donors (Lipinski definition) is 2. The molecule has 1 aliphatic rings. The Morgan fingerprint density at radius 1 is 1.50 bits per heavy atom. The smallest absolute Gasteiger partial charge is 0.228 e. The zero-order chi connectivity index (χ0) is 13.9. The van der Waals surface area contributed by atoms with Gasteiger partial charge in [0, 0.05) is 11.4 Å². The Hall–Kier alpha value is -0.100. The van der Waals surface area contributed by atoms with Crippen molar-refractivity contribution in [3.05, 3.63) is 20.8 Å². The summed E-state index contributed by atoms with van der Waals surface area (Å²) in [5.74, 6) is 0.0655. The van der Waals surface area contributed by atoms with Crippen molar-refractivity contribution in [2.24, 2.45) is 5.41 Å². The van der Waals surface area contributed by atoms with Crippen LogP contribution in [0.5, 0.6) is 0 Å². The Morgan fingerprint density at radius 3 is 2.70 bits per heavy atom. The second-order valence-electron chi connectivity index (χ2n) is 5.64. The molecule has 0 bridgehead atoms. The predicted molar refractivity (Wildman–Crippen MR) is 90.9 cm³/mol. The van der Waals surface area contributed by atoms with Gasteiger partial charge in [0.05, 0.1) is 9.70 Å². The predicted octanol–water partition coefficient (Wildman–Crippen LogP) is 3.54. The van der Waals surface area contributed by atoms with E-state index in [4.69, 9.17) is 0 Å². The van der Waals surface area contributed by atoms with E-state index >= 15 is 0 Å². The Bertz CT molecular complexity index is 446. The van der Waals surface area contributed by atoms with Gasteiger partial charge in [-0.15, -0.1) is 23.7 Å². The summed E-state index contributed by atoms with van der Waals surface area (Å²) in [4.78, 5) is 13.3. The highest BCUT2D eigenvalue weighted by molar-refractivity contribution is 9.11. The molecule has 1 saturated heterocycles. The zero-order valence-corrected chi connectivity index (χ0v) is 15.1. The van der Waals surface area contributed by atoms with Crippen LogP contribution in [-0.2, 0) is 4.79 Å². The van der Waals surface area contributed by atoms with Gasteiger partial charge in [-0.1, -0.05) is 6.92 Å². The molecule has 0 aliphatic carbocycles. The molecule has 1 atom stereocenters. The molecule has 2 heterocycles. The first-order valence-electron chi connectivity index (χ1n) is 6.74. The van der Waals surface area contributed by atoms with Gasteiger partial charge >= 0.3 is 0 Å². The summed E-state index contributed by atoms with van der Waals surface area (Å²) in [5.41, 5.74) is 0.247. The molecule has 3 nitrogen and oxygen atoms in total. The Balaban J connectivity index is 0.00000200. The number of halogens is 2. The molecule has 2 rings (SSSR count). The molecule has 1 aromatic rings. The second-order valence-corrected chi connectivity index (χ2v) is 8.14. The monoisotopic (exact) mass is 380 g/mol. The van der Waals surface area contributed by atoms with Crippen LogP contribution in [0.2, 0.25) is 0 Å². The minimum atomic E-state index is -0.0679. The van der Waals surface area contributed by atoms with Crippen LogP contribution < -0.4 is 10.6 Å². The normalized spacial score (nSPS) is 18.9. The number of rotatable bonds is 4. The lowest BCUT2D eigenvalue weighted by atomic mass is 9.81. The van der Waals surface area contributed by atoms with Crippen molar-refractivity contribution in [2.75, 3.05) is 19.6 Å². The van der Waals surface area contributed by atoms with Crippen molar-refractivity contribution < 1.29 is 4.79 Å². The quantitative estimate of drug-likeness (QED) is 0.837. The van der Waals surface area contributed by atoms with Gasteiger partial charge in [-0.25, -0.2) is 0 Å². The lowest BCUT2D eigenvalue weighted by molar-refractivity contribution is -0.122. The molecule has 1 unspecified atom stereocenters. The van der Waals surface area contributed by atoms with Gasteiger partial charge in [-0.05, 0) is 66.3 Å². The molecule has 6 heteroatoms. The minimum Gasteiger partial charge on any atom is -0.355 e. The molecule has 1 aliphatic heterocycles. The van der Waals surface area contributed by atoms with Gasteiger partial charge in [0.15, 0.2) is 0 Å². The van der Waals surface area contributed by atoms with Crippen molar-refractivity contribution in [1.29, 1.82) is 0 Å². The molecular weight excluding hydrogens is 360 g/mol. The molecule has 0 aromatic carbocycles. The number of piperidine rings is 1. The summed E-state index contributed by atoms with van der Waals surface area (Å²) in [6.07, 6.45) is 2.26. The van der Waals surface area contributed by atoms with Crippen LogP contribution in [0.4, 0.5) is 0 Å². The minimum absolute atomic E-state index is 0. The number of nitrogens with one attached hydrogen (secondary N) is 2. The average Bonchev–Trinajstić information content (AvgIpc) is 2.83. The molecule has 1 fully saturated rings. The van der Waals surface area contributed by atoms with Crippen molar-refractivity contribution in [2.45, 2.75) is 32.6 Å². The molecular formula is C14H22BrClN2OS. The summed E-state index contributed by atoms with van der Waals surface area (Å²) >= 11 is 5.07. The van der Waals surface area contributed by atoms with Crippen LogP contribution in [0.25, 0.3) is 0 Å². The first kappa shape index (κ1) is 18.0. The average molecular weight is 382 g/mol. The largest absolute Gasteiger partial charge is 0.355 e. The zero-order valence-electron chi connectivity index (χ0n) is 11.9. The summed E-state index contributed by atoms with van der Waals surface area (Å²) in [6, 6.07) is 4.02. The lowest BCUT2D eigenvalue weighted by Gasteiger charge is -2.34. The number of carbonyl (C=O) groups excluding carboxylic acids is 1. The molecule has 1 aromatic heterocycles. The van der Waals surface area contributed by atoms with Crippen LogP contribution in [0.1, 0.15) is 37.5 Å². The number of amides is 1. The highest BCUT2D eigenvalue weighted by atomic mass is 79.9. The van der Waals surface area contributed by atoms with Crippen LogP contribution in [-0.4, -0.2) is 25.5 Å². The van der Waals surface area contributed by atoms with Gasteiger partial charge in [-0.3, -0.25) is 4.79 Å². The maximum absolute atomic E-state index is 12.2. The SMILES string of the molecule is CC(C(=O)NCC1(C)CCNCC1)c1ccc(Br)s1.Cl. The van der Waals surface area contributed by atoms with Crippen molar-refractivity contribution >= 4 is 45.6 Å². The van der Waals surface area contributed by atoms with Crippen molar-refractivity contribution in [1.82, 2.24) is 10.6 Å². The standard InChI is InChI=1S/C14H21BrN2OS.ClH/c1-10(11-3-4-12(15)19-11)13(18)17-9-14(2)5-7-16-8-6-14;/h3-4,10,16H,5-9H2,1-2H3,(H,17,18);1H. The summed E-state index contributed by atoms with van der Waals surface area (Å²) in [6.45, 7) is 7.13. The van der Waals surface area contributed by atoms with Gasteiger partial charge in [-0.2, -0.15) is 0 Å². The van der Waals surface area contributed by atoms with Gasteiger partial charge < -0.3 is 10.6 Å². The van der Waals surface area contributed by atoms with Crippen LogP contribution >= 0.6 is 39.7 Å². The molecule has 0 radical (unpaired) electrons. The topological polar surface area (TPSA) is 41.1 Å². The molecule has 20 heavy (non-hydrogen) atoms. The molecule has 2 N–H and O–H groups in total. The van der Waals surface area contributed by atoms with Crippen LogP contribution in [0, 0.1) is 5.41 Å². The molecule has 0 spiro atoms. The fraction of sp³-hybridized carbons (Fsp3) is 0.643. The number of carbonyl (C=O) groups is 1. The van der Waals surface area contributed by atoms with Crippen molar-refractivity contribution in [3.8, 4) is 0 Å². The van der Waals surface area contributed by atoms with Crippen LogP contribution in [0.15, 0.2) is 15.9 Å². The number of thiophene rings is 1. The van der Waals surface area contributed by atoms with Crippen molar-refractivity contribution in [3.63, 3.8) is 0 Å². The van der Waals surface area contributed by atoms with E-state index in [1.54, 1.807) is 11.3 Å². The van der Waals surface area contributed by atoms with E-state index in [1.807, 2.05) is 19.1 Å². The van der Waals surface area contributed by atoms with E-state index in [-0.39, 0.29) is 29.6 Å². The van der Waals surface area contributed by atoms with E-state index < -0.39 is 0 Å². The highest BCUT2D eigenvalue weighted by Gasteiger charge is 2.28. The summed E-state index contributed by atoms with van der Waals surface area (Å²) in [5, 5.41) is 6.49. The van der Waals surface area contributed by atoms with Gasteiger partial charge in [0.25, 0.3) is 0 Å².